The maximum absolute atomic E-state index is 9.60. The lowest BCUT2D eigenvalue weighted by atomic mass is 10.4. The van der Waals surface area contributed by atoms with Gasteiger partial charge >= 0.3 is 5.97 Å². The maximum Gasteiger partial charge on any atom is 0.303 e. The number of nitrogens with one attached hydrogen (secondary N) is 3. The third kappa shape index (κ3) is 15.0. The molecule has 0 aliphatic heterocycles. The molecule has 0 aliphatic carbocycles. The summed E-state index contributed by atoms with van der Waals surface area (Å²) in [5.74, 6) is -0.811. The molecule has 0 rings (SSSR count). The fraction of sp³-hybridized carbons (Fsp3) is 0.625. The second-order valence-electron chi connectivity index (χ2n) is 2.93. The van der Waals surface area contributed by atoms with E-state index in [-0.39, 0.29) is 11.9 Å². The summed E-state index contributed by atoms with van der Waals surface area (Å²) < 4.78 is 0. The van der Waals surface area contributed by atoms with Crippen LogP contribution in [0.1, 0.15) is 19.8 Å². The van der Waals surface area contributed by atoms with Crippen molar-refractivity contribution in [1.82, 2.24) is 10.2 Å². The summed E-state index contributed by atoms with van der Waals surface area (Å²) in [5, 5.41) is 24.0. The van der Waals surface area contributed by atoms with Gasteiger partial charge in [0.1, 0.15) is 0 Å². The van der Waals surface area contributed by atoms with Crippen LogP contribution in [0.4, 0.5) is 0 Å². The molecule has 0 saturated carbocycles. The highest BCUT2D eigenvalue weighted by atomic mass is 16.4. The highest BCUT2D eigenvalue weighted by Crippen LogP contribution is 1.82. The zero-order valence-electron chi connectivity index (χ0n) is 9.29. The van der Waals surface area contributed by atoms with Crippen LogP contribution in [0.15, 0.2) is 0 Å². The summed E-state index contributed by atoms with van der Waals surface area (Å²) in [5.41, 5.74) is 4.94. The van der Waals surface area contributed by atoms with Crippen molar-refractivity contribution in [3.63, 3.8) is 0 Å². The van der Waals surface area contributed by atoms with Gasteiger partial charge in [-0.05, 0) is 6.42 Å². The van der Waals surface area contributed by atoms with Crippen LogP contribution >= 0.6 is 0 Å². The SMILES string of the molecule is CCCC(=O)O.CN(C)C(=N)NC(=N)N. The van der Waals surface area contributed by atoms with Crippen molar-refractivity contribution in [2.24, 2.45) is 5.73 Å². The summed E-state index contributed by atoms with van der Waals surface area (Å²) in [6, 6.07) is 0. The summed E-state index contributed by atoms with van der Waals surface area (Å²) in [6.07, 6.45) is 1.02. The summed E-state index contributed by atoms with van der Waals surface area (Å²) in [7, 11) is 3.39. The van der Waals surface area contributed by atoms with Gasteiger partial charge in [-0.2, -0.15) is 0 Å². The fourth-order valence-corrected chi connectivity index (χ4v) is 0.453. The molecule has 0 spiro atoms. The summed E-state index contributed by atoms with van der Waals surface area (Å²) in [4.78, 5) is 11.1. The molecule has 0 unspecified atom stereocenters. The molecule has 7 nitrogen and oxygen atoms in total. The Morgan fingerprint density at radius 3 is 2.00 bits per heavy atom. The number of rotatable bonds is 2. The lowest BCUT2D eigenvalue weighted by molar-refractivity contribution is -0.137. The molecule has 0 aromatic heterocycles. The topological polar surface area (TPSA) is 126 Å². The Labute approximate surface area is 89.3 Å². The molecule has 0 bridgehead atoms. The van der Waals surface area contributed by atoms with E-state index in [4.69, 9.17) is 21.7 Å². The molecule has 88 valence electrons. The molecular weight excluding hydrogens is 198 g/mol. The molecule has 0 amide bonds. The van der Waals surface area contributed by atoms with Gasteiger partial charge in [-0.3, -0.25) is 20.9 Å². The van der Waals surface area contributed by atoms with Crippen molar-refractivity contribution in [1.29, 1.82) is 10.8 Å². The minimum atomic E-state index is -0.711. The molecule has 7 heteroatoms. The van der Waals surface area contributed by atoms with E-state index in [0.29, 0.717) is 6.42 Å². The van der Waals surface area contributed by atoms with E-state index in [1.807, 2.05) is 6.92 Å². The Balaban J connectivity index is 0. The maximum atomic E-state index is 9.60. The van der Waals surface area contributed by atoms with Gasteiger partial charge in [0.05, 0.1) is 0 Å². The van der Waals surface area contributed by atoms with Crippen LogP contribution in [0, 0.1) is 10.8 Å². The number of carboxylic acids is 1. The van der Waals surface area contributed by atoms with E-state index in [2.05, 4.69) is 5.32 Å². The Morgan fingerprint density at radius 1 is 1.47 bits per heavy atom. The predicted octanol–water partition coefficient (Wildman–Crippen LogP) is -0.163. The number of carbonyl (C=O) groups is 1. The zero-order valence-corrected chi connectivity index (χ0v) is 9.29. The van der Waals surface area contributed by atoms with Crippen molar-refractivity contribution in [2.45, 2.75) is 19.8 Å². The van der Waals surface area contributed by atoms with Crippen LogP contribution in [0.3, 0.4) is 0 Å². The number of hydrogen-bond donors (Lipinski definition) is 5. The van der Waals surface area contributed by atoms with Crippen LogP contribution in [0.5, 0.6) is 0 Å². The average Bonchev–Trinajstić information content (AvgIpc) is 2.03. The fourth-order valence-electron chi connectivity index (χ4n) is 0.453. The summed E-state index contributed by atoms with van der Waals surface area (Å²) >= 11 is 0. The zero-order chi connectivity index (χ0) is 12.4. The van der Waals surface area contributed by atoms with Gasteiger partial charge in [-0.15, -0.1) is 0 Å². The molecular formula is C8H19N5O2. The Hall–Kier alpha value is -1.79. The van der Waals surface area contributed by atoms with Gasteiger partial charge in [0.2, 0.25) is 0 Å². The van der Waals surface area contributed by atoms with Gasteiger partial charge in [0.25, 0.3) is 0 Å². The lowest BCUT2D eigenvalue weighted by Crippen LogP contribution is -2.42. The third-order valence-corrected chi connectivity index (χ3v) is 1.16. The average molecular weight is 217 g/mol. The highest BCUT2D eigenvalue weighted by Gasteiger charge is 1.96. The minimum Gasteiger partial charge on any atom is -0.481 e. The minimum absolute atomic E-state index is 0.113. The van der Waals surface area contributed by atoms with Crippen LogP contribution in [0.2, 0.25) is 0 Å². The first kappa shape index (κ1) is 15.7. The van der Waals surface area contributed by atoms with Crippen LogP contribution in [-0.4, -0.2) is 42.0 Å². The Morgan fingerprint density at radius 2 is 1.93 bits per heavy atom. The molecule has 15 heavy (non-hydrogen) atoms. The van der Waals surface area contributed by atoms with Crippen molar-refractivity contribution >= 4 is 17.9 Å². The number of nitrogens with two attached hydrogens (primary N) is 1. The van der Waals surface area contributed by atoms with E-state index in [9.17, 15) is 4.79 Å². The molecule has 0 aliphatic rings. The summed E-state index contributed by atoms with van der Waals surface area (Å²) in [6.45, 7) is 1.84. The number of nitrogens with zero attached hydrogens (tertiary/aromatic N) is 1. The second kappa shape index (κ2) is 8.79. The van der Waals surface area contributed by atoms with Gasteiger partial charge in [0, 0.05) is 20.5 Å². The smallest absolute Gasteiger partial charge is 0.303 e. The lowest BCUT2D eigenvalue weighted by Gasteiger charge is -2.13. The number of aliphatic carboxylic acids is 1. The van der Waals surface area contributed by atoms with Gasteiger partial charge < -0.3 is 15.7 Å². The molecule has 0 fully saturated rings. The molecule has 0 saturated heterocycles. The quantitative estimate of drug-likeness (QED) is 0.324. The molecule has 0 heterocycles. The second-order valence-corrected chi connectivity index (χ2v) is 2.93. The van der Waals surface area contributed by atoms with Gasteiger partial charge in [-0.1, -0.05) is 6.92 Å². The van der Waals surface area contributed by atoms with E-state index >= 15 is 0 Å². The van der Waals surface area contributed by atoms with Crippen molar-refractivity contribution in [2.75, 3.05) is 14.1 Å². The first-order valence-corrected chi connectivity index (χ1v) is 4.40. The predicted molar refractivity (Wildman–Crippen MR) is 59.0 cm³/mol. The number of carboxylic acid groups (broad SMARTS) is 1. The van der Waals surface area contributed by atoms with Gasteiger partial charge in [-0.25, -0.2) is 0 Å². The van der Waals surface area contributed by atoms with Gasteiger partial charge in [0.15, 0.2) is 11.9 Å². The Bertz CT molecular complexity index is 227. The van der Waals surface area contributed by atoms with Crippen molar-refractivity contribution in [3.8, 4) is 0 Å². The number of guanidine groups is 2. The Kier molecular flexibility index (Phi) is 9.19. The highest BCUT2D eigenvalue weighted by molar-refractivity contribution is 5.94. The molecule has 0 aromatic rings. The van der Waals surface area contributed by atoms with E-state index in [0.717, 1.165) is 6.42 Å². The molecule has 6 N–H and O–H groups in total. The first-order valence-electron chi connectivity index (χ1n) is 4.40. The molecule has 0 radical (unpaired) electrons. The van der Waals surface area contributed by atoms with Crippen LogP contribution in [-0.2, 0) is 4.79 Å². The van der Waals surface area contributed by atoms with Crippen molar-refractivity contribution in [3.05, 3.63) is 0 Å². The van der Waals surface area contributed by atoms with E-state index in [1.54, 1.807) is 14.1 Å². The monoisotopic (exact) mass is 217 g/mol. The molecule has 0 aromatic carbocycles. The van der Waals surface area contributed by atoms with Crippen LogP contribution < -0.4 is 11.1 Å². The van der Waals surface area contributed by atoms with E-state index in [1.165, 1.54) is 4.90 Å². The van der Waals surface area contributed by atoms with E-state index < -0.39 is 5.97 Å². The standard InChI is InChI=1S/C4H11N5.C4H8O2/c1-9(2)4(7)8-3(5)6;1-2-3-4(5)6/h1-2H3,(H5,5,6,7,8);2-3H2,1H3,(H,5,6). The van der Waals surface area contributed by atoms with Crippen molar-refractivity contribution < 1.29 is 9.90 Å². The first-order chi connectivity index (χ1) is 6.81. The number of hydrogen-bond acceptors (Lipinski definition) is 3. The van der Waals surface area contributed by atoms with Crippen LogP contribution in [0.25, 0.3) is 0 Å². The third-order valence-electron chi connectivity index (χ3n) is 1.16. The largest absolute Gasteiger partial charge is 0.481 e. The molecule has 0 atom stereocenters. The normalized spacial score (nSPS) is 8.20.